The number of nitrogens with one attached hydrogen (secondary N) is 2. The van der Waals surface area contributed by atoms with Crippen molar-refractivity contribution in [1.82, 2.24) is 10.6 Å². The van der Waals surface area contributed by atoms with Crippen LogP contribution >= 0.6 is 0 Å². The summed E-state index contributed by atoms with van der Waals surface area (Å²) in [7, 11) is 0. The lowest BCUT2D eigenvalue weighted by Crippen LogP contribution is -2.34. The molecule has 0 spiro atoms. The number of hydrogen-bond acceptors (Lipinski definition) is 3. The highest BCUT2D eigenvalue weighted by Gasteiger charge is 2.23. The highest BCUT2D eigenvalue weighted by atomic mass is 16.2. The van der Waals surface area contributed by atoms with E-state index in [1.807, 2.05) is 0 Å². The van der Waals surface area contributed by atoms with Crippen LogP contribution in [0, 0.1) is 0 Å². The van der Waals surface area contributed by atoms with Gasteiger partial charge in [-0.15, -0.1) is 0 Å². The second kappa shape index (κ2) is 3.82. The van der Waals surface area contributed by atoms with Crippen molar-refractivity contribution in [2.24, 2.45) is 0 Å². The number of rotatable bonds is 4. The van der Waals surface area contributed by atoms with E-state index in [0.717, 1.165) is 25.0 Å². The van der Waals surface area contributed by atoms with Crippen LogP contribution in [0.3, 0.4) is 0 Å². The minimum Gasteiger partial charge on any atom is -0.379 e. The van der Waals surface area contributed by atoms with Crippen LogP contribution < -0.4 is 10.6 Å². The zero-order valence-electron chi connectivity index (χ0n) is 8.01. The van der Waals surface area contributed by atoms with Gasteiger partial charge >= 0.3 is 0 Å². The maximum atomic E-state index is 11.2. The molecule has 0 radical (unpaired) electrons. The molecule has 0 bridgehead atoms. The number of carbonyl (C=O) groups excluding carboxylic acids is 2. The molecule has 0 aromatic heterocycles. The molecule has 4 heteroatoms. The van der Waals surface area contributed by atoms with Crippen LogP contribution in [0.25, 0.3) is 0 Å². The molecule has 14 heavy (non-hydrogen) atoms. The molecule has 1 amide bonds. The fraction of sp³-hybridized carbons (Fsp3) is 0.600. The molecule has 2 aliphatic rings. The van der Waals surface area contributed by atoms with E-state index >= 15 is 0 Å². The zero-order chi connectivity index (χ0) is 9.97. The summed E-state index contributed by atoms with van der Waals surface area (Å²) < 4.78 is 0. The summed E-state index contributed by atoms with van der Waals surface area (Å²) in [6.07, 6.45) is 5.12. The Labute approximate surface area is 82.7 Å². The van der Waals surface area contributed by atoms with Gasteiger partial charge in [0, 0.05) is 24.2 Å². The lowest BCUT2D eigenvalue weighted by molar-refractivity contribution is -0.120. The van der Waals surface area contributed by atoms with E-state index in [4.69, 9.17) is 0 Å². The standard InChI is InChI=1S/C10H14N2O2/c13-9-4-3-8(5-9)11-6-10(14)12-7-1-2-7/h5,7,11H,1-4,6H2,(H,12,14). The molecule has 2 N–H and O–H groups in total. The fourth-order valence-corrected chi connectivity index (χ4v) is 1.44. The maximum absolute atomic E-state index is 11.2. The van der Waals surface area contributed by atoms with Crippen LogP contribution in [0.5, 0.6) is 0 Å². The van der Waals surface area contributed by atoms with Crippen molar-refractivity contribution in [3.05, 3.63) is 11.8 Å². The van der Waals surface area contributed by atoms with E-state index < -0.39 is 0 Å². The summed E-state index contributed by atoms with van der Waals surface area (Å²) in [5.41, 5.74) is 0.890. The molecular weight excluding hydrogens is 180 g/mol. The second-order valence-corrected chi connectivity index (χ2v) is 3.83. The van der Waals surface area contributed by atoms with Crippen LogP contribution in [0.15, 0.2) is 11.8 Å². The van der Waals surface area contributed by atoms with Crippen LogP contribution in [-0.4, -0.2) is 24.3 Å². The second-order valence-electron chi connectivity index (χ2n) is 3.83. The quantitative estimate of drug-likeness (QED) is 0.667. The van der Waals surface area contributed by atoms with Gasteiger partial charge in [0.2, 0.25) is 5.91 Å². The summed E-state index contributed by atoms with van der Waals surface area (Å²) in [4.78, 5) is 22.1. The molecule has 76 valence electrons. The highest BCUT2D eigenvalue weighted by Crippen LogP contribution is 2.18. The van der Waals surface area contributed by atoms with Gasteiger partial charge in [0.15, 0.2) is 5.78 Å². The largest absolute Gasteiger partial charge is 0.379 e. The molecule has 2 aliphatic carbocycles. The normalized spacial score (nSPS) is 20.6. The van der Waals surface area contributed by atoms with Crippen molar-refractivity contribution in [3.63, 3.8) is 0 Å². The Morgan fingerprint density at radius 3 is 2.79 bits per heavy atom. The van der Waals surface area contributed by atoms with Gasteiger partial charge in [-0.3, -0.25) is 9.59 Å². The Morgan fingerprint density at radius 2 is 2.21 bits per heavy atom. The van der Waals surface area contributed by atoms with Crippen LogP contribution in [0.2, 0.25) is 0 Å². The van der Waals surface area contributed by atoms with Gasteiger partial charge in [-0.05, 0) is 19.3 Å². The fourth-order valence-electron chi connectivity index (χ4n) is 1.44. The lowest BCUT2D eigenvalue weighted by Gasteiger charge is -2.06. The van der Waals surface area contributed by atoms with E-state index in [2.05, 4.69) is 10.6 Å². The summed E-state index contributed by atoms with van der Waals surface area (Å²) in [6, 6.07) is 0.406. The van der Waals surface area contributed by atoms with Crippen molar-refractivity contribution >= 4 is 11.7 Å². The molecule has 0 unspecified atom stereocenters. The summed E-state index contributed by atoms with van der Waals surface area (Å²) >= 11 is 0. The third-order valence-corrected chi connectivity index (χ3v) is 2.39. The van der Waals surface area contributed by atoms with Crippen molar-refractivity contribution in [1.29, 1.82) is 0 Å². The average Bonchev–Trinajstić information content (AvgIpc) is 2.85. The molecular formula is C10H14N2O2. The van der Waals surface area contributed by atoms with Gasteiger partial charge in [0.25, 0.3) is 0 Å². The topological polar surface area (TPSA) is 58.2 Å². The average molecular weight is 194 g/mol. The van der Waals surface area contributed by atoms with E-state index in [1.54, 1.807) is 6.08 Å². The molecule has 0 aliphatic heterocycles. The molecule has 4 nitrogen and oxygen atoms in total. The maximum Gasteiger partial charge on any atom is 0.239 e. The summed E-state index contributed by atoms with van der Waals surface area (Å²) in [5.74, 6) is 0.169. The van der Waals surface area contributed by atoms with Gasteiger partial charge < -0.3 is 10.6 Å². The van der Waals surface area contributed by atoms with E-state index in [1.165, 1.54) is 0 Å². The summed E-state index contributed by atoms with van der Waals surface area (Å²) in [6.45, 7) is 0.287. The van der Waals surface area contributed by atoms with Crippen molar-refractivity contribution in [2.75, 3.05) is 6.54 Å². The Morgan fingerprint density at radius 1 is 1.43 bits per heavy atom. The first-order chi connectivity index (χ1) is 6.74. The predicted molar refractivity (Wildman–Crippen MR) is 51.5 cm³/mol. The van der Waals surface area contributed by atoms with Crippen LogP contribution in [0.4, 0.5) is 0 Å². The van der Waals surface area contributed by atoms with E-state index in [-0.39, 0.29) is 18.2 Å². The Hall–Kier alpha value is -1.32. The molecule has 1 saturated carbocycles. The van der Waals surface area contributed by atoms with E-state index in [0.29, 0.717) is 12.5 Å². The minimum absolute atomic E-state index is 0.0211. The molecule has 1 fully saturated rings. The number of allylic oxidation sites excluding steroid dienone is 2. The highest BCUT2D eigenvalue weighted by molar-refractivity contribution is 5.93. The molecule has 0 aromatic rings. The minimum atomic E-state index is 0.0211. The van der Waals surface area contributed by atoms with Gasteiger partial charge in [-0.1, -0.05) is 0 Å². The molecule has 0 atom stereocenters. The Bertz CT molecular complexity index is 292. The number of hydrogen-bond donors (Lipinski definition) is 2. The van der Waals surface area contributed by atoms with Gasteiger partial charge in [-0.2, -0.15) is 0 Å². The third kappa shape index (κ3) is 2.58. The molecule has 2 rings (SSSR count). The Balaban J connectivity index is 1.68. The zero-order valence-corrected chi connectivity index (χ0v) is 8.01. The monoisotopic (exact) mass is 194 g/mol. The van der Waals surface area contributed by atoms with Gasteiger partial charge in [0.05, 0.1) is 6.54 Å². The number of carbonyl (C=O) groups is 2. The summed E-state index contributed by atoms with van der Waals surface area (Å²) in [5, 5.41) is 5.85. The first kappa shape index (κ1) is 9.24. The first-order valence-corrected chi connectivity index (χ1v) is 5.00. The van der Waals surface area contributed by atoms with Crippen LogP contribution in [-0.2, 0) is 9.59 Å². The van der Waals surface area contributed by atoms with Crippen LogP contribution in [0.1, 0.15) is 25.7 Å². The first-order valence-electron chi connectivity index (χ1n) is 5.00. The Kier molecular flexibility index (Phi) is 2.52. The third-order valence-electron chi connectivity index (χ3n) is 2.39. The predicted octanol–water partition coefficient (Wildman–Crippen LogP) is 0.101. The smallest absolute Gasteiger partial charge is 0.239 e. The van der Waals surface area contributed by atoms with Gasteiger partial charge in [0.1, 0.15) is 0 Å². The molecule has 0 aromatic carbocycles. The lowest BCUT2D eigenvalue weighted by atomic mass is 10.3. The van der Waals surface area contributed by atoms with Crippen molar-refractivity contribution < 1.29 is 9.59 Å². The molecule has 0 heterocycles. The number of ketones is 1. The van der Waals surface area contributed by atoms with Crippen molar-refractivity contribution in [2.45, 2.75) is 31.7 Å². The van der Waals surface area contributed by atoms with Gasteiger partial charge in [-0.25, -0.2) is 0 Å². The number of amides is 1. The van der Waals surface area contributed by atoms with Crippen molar-refractivity contribution in [3.8, 4) is 0 Å². The molecule has 0 saturated heterocycles. The SMILES string of the molecule is O=C1C=C(NCC(=O)NC2CC2)CC1. The van der Waals surface area contributed by atoms with E-state index in [9.17, 15) is 9.59 Å².